The molecule has 0 fully saturated rings. The second-order valence-electron chi connectivity index (χ2n) is 1.04. The molecule has 7 heavy (non-hydrogen) atoms. The minimum absolute atomic E-state index is 0.917. The average Bonchev–Trinajstić information content (AvgIpc) is 1.69. The first kappa shape index (κ1) is 9.60. The Morgan fingerprint density at radius 3 is 1.29 bits per heavy atom. The number of rotatable bonds is 1. The first-order valence-electron chi connectivity index (χ1n) is 2.32. The van der Waals surface area contributed by atoms with E-state index in [2.05, 4.69) is 13.8 Å². The molecule has 0 heterocycles. The van der Waals surface area contributed by atoms with Crippen LogP contribution in [0, 0.1) is 10.8 Å². The van der Waals surface area contributed by atoms with Gasteiger partial charge >= 0.3 is 0 Å². The summed E-state index contributed by atoms with van der Waals surface area (Å²) in [4.78, 5) is 0. The van der Waals surface area contributed by atoms with Crippen LogP contribution in [-0.4, -0.2) is 12.4 Å². The summed E-state index contributed by atoms with van der Waals surface area (Å²) in [5.74, 6) is 0. The van der Waals surface area contributed by atoms with Gasteiger partial charge in [-0.05, 0) is 0 Å². The summed E-state index contributed by atoms with van der Waals surface area (Å²) < 4.78 is 0. The molecule has 0 aliphatic rings. The highest BCUT2D eigenvalue weighted by atomic mass is 14.4. The largest absolute Gasteiger partial charge is 0.307 e. The summed E-state index contributed by atoms with van der Waals surface area (Å²) in [6.07, 6.45) is 3.08. The molecule has 0 aromatic heterocycles. The summed E-state index contributed by atoms with van der Waals surface area (Å²) in [5, 5.41) is 12.2. The Hall–Kier alpha value is -0.660. The van der Waals surface area contributed by atoms with Gasteiger partial charge < -0.3 is 10.8 Å². The Morgan fingerprint density at radius 2 is 1.29 bits per heavy atom. The predicted molar refractivity (Wildman–Crippen MR) is 33.5 cm³/mol. The minimum atomic E-state index is 0.917. The molecule has 0 aromatic rings. The van der Waals surface area contributed by atoms with Crippen molar-refractivity contribution < 1.29 is 0 Å². The smallest absolute Gasteiger partial charge is 0.0353 e. The monoisotopic (exact) mass is 100 g/mol. The molecule has 0 aliphatic heterocycles. The van der Waals surface area contributed by atoms with Crippen LogP contribution in [0.2, 0.25) is 0 Å². The third kappa shape index (κ3) is 515. The van der Waals surface area contributed by atoms with E-state index in [-0.39, 0.29) is 0 Å². The Balaban J connectivity index is 0. The van der Waals surface area contributed by atoms with Crippen LogP contribution in [0.1, 0.15) is 20.3 Å². The number of hydrogen-bond acceptors (Lipinski definition) is 2. The summed E-state index contributed by atoms with van der Waals surface area (Å²) in [7, 11) is 0. The fraction of sp³-hybridized carbons (Fsp3) is 0.600. The molecule has 0 bridgehead atoms. The number of hydrogen-bond donors (Lipinski definition) is 2. The highest BCUT2D eigenvalue weighted by molar-refractivity contribution is 6.12. The SMILES string of the molecule is CCC.N=CC=N. The zero-order chi connectivity index (χ0) is 6.12. The zero-order valence-electron chi connectivity index (χ0n) is 4.86. The van der Waals surface area contributed by atoms with Crippen molar-refractivity contribution in [3.8, 4) is 0 Å². The molecule has 0 radical (unpaired) electrons. The van der Waals surface area contributed by atoms with E-state index in [0.717, 1.165) is 12.4 Å². The van der Waals surface area contributed by atoms with Crippen molar-refractivity contribution in [3.63, 3.8) is 0 Å². The van der Waals surface area contributed by atoms with E-state index in [9.17, 15) is 0 Å². The fourth-order valence-electron chi connectivity index (χ4n) is 0. The van der Waals surface area contributed by atoms with Crippen LogP contribution in [0.15, 0.2) is 0 Å². The lowest BCUT2D eigenvalue weighted by atomic mass is 10.6. The Morgan fingerprint density at radius 1 is 1.14 bits per heavy atom. The second kappa shape index (κ2) is 18.4. The molecule has 0 unspecified atom stereocenters. The lowest BCUT2D eigenvalue weighted by molar-refractivity contribution is 1.09. The molecule has 0 saturated heterocycles. The van der Waals surface area contributed by atoms with Crippen molar-refractivity contribution in [2.45, 2.75) is 20.3 Å². The van der Waals surface area contributed by atoms with Crippen LogP contribution in [0.25, 0.3) is 0 Å². The van der Waals surface area contributed by atoms with Crippen molar-refractivity contribution in [1.82, 2.24) is 0 Å². The van der Waals surface area contributed by atoms with Crippen LogP contribution in [0.3, 0.4) is 0 Å². The van der Waals surface area contributed by atoms with Crippen molar-refractivity contribution in [1.29, 1.82) is 10.8 Å². The van der Waals surface area contributed by atoms with Gasteiger partial charge in [-0.2, -0.15) is 0 Å². The van der Waals surface area contributed by atoms with Gasteiger partial charge in [0.1, 0.15) is 0 Å². The highest BCUT2D eigenvalue weighted by Crippen LogP contribution is 1.56. The van der Waals surface area contributed by atoms with Crippen LogP contribution >= 0.6 is 0 Å². The highest BCUT2D eigenvalue weighted by Gasteiger charge is 1.35. The van der Waals surface area contributed by atoms with Gasteiger partial charge in [-0.25, -0.2) is 0 Å². The van der Waals surface area contributed by atoms with Crippen LogP contribution < -0.4 is 0 Å². The maximum Gasteiger partial charge on any atom is 0.0353 e. The quantitative estimate of drug-likeness (QED) is 0.471. The third-order valence-corrected chi connectivity index (χ3v) is 0.0833. The van der Waals surface area contributed by atoms with E-state index < -0.39 is 0 Å². The van der Waals surface area contributed by atoms with Gasteiger partial charge in [-0.1, -0.05) is 20.3 Å². The van der Waals surface area contributed by atoms with Gasteiger partial charge in [0.2, 0.25) is 0 Å². The summed E-state index contributed by atoms with van der Waals surface area (Å²) in [5.41, 5.74) is 0. The predicted octanol–water partition coefficient (Wildman–Crippen LogP) is 1.70. The molecular weight excluding hydrogens is 88.1 g/mol. The van der Waals surface area contributed by atoms with Crippen molar-refractivity contribution in [2.24, 2.45) is 0 Å². The third-order valence-electron chi connectivity index (χ3n) is 0.0833. The first-order valence-corrected chi connectivity index (χ1v) is 2.32. The molecule has 0 saturated carbocycles. The van der Waals surface area contributed by atoms with E-state index >= 15 is 0 Å². The molecule has 0 aromatic carbocycles. The molecule has 0 spiro atoms. The van der Waals surface area contributed by atoms with Crippen LogP contribution in [0.5, 0.6) is 0 Å². The normalized spacial score (nSPS) is 5.43. The van der Waals surface area contributed by atoms with E-state index in [4.69, 9.17) is 10.8 Å². The van der Waals surface area contributed by atoms with Gasteiger partial charge in [0.15, 0.2) is 0 Å². The Labute approximate surface area is 44.6 Å². The Bertz CT molecular complexity index is 35.3. The van der Waals surface area contributed by atoms with Gasteiger partial charge in [-0.15, -0.1) is 0 Å². The second-order valence-corrected chi connectivity index (χ2v) is 1.04. The summed E-state index contributed by atoms with van der Waals surface area (Å²) in [6, 6.07) is 0. The molecule has 2 heteroatoms. The number of nitrogens with one attached hydrogen (secondary N) is 2. The maximum absolute atomic E-state index is 6.08. The van der Waals surface area contributed by atoms with E-state index in [0.29, 0.717) is 0 Å². The maximum atomic E-state index is 6.08. The van der Waals surface area contributed by atoms with Gasteiger partial charge in [0, 0.05) is 12.4 Å². The van der Waals surface area contributed by atoms with Crippen molar-refractivity contribution in [3.05, 3.63) is 0 Å². The van der Waals surface area contributed by atoms with Crippen molar-refractivity contribution >= 4 is 12.4 Å². The lowest BCUT2D eigenvalue weighted by Gasteiger charge is -1.48. The van der Waals surface area contributed by atoms with Gasteiger partial charge in [0.05, 0.1) is 0 Å². The van der Waals surface area contributed by atoms with E-state index in [1.165, 1.54) is 6.42 Å². The molecule has 0 aliphatic carbocycles. The first-order chi connectivity index (χ1) is 3.33. The van der Waals surface area contributed by atoms with Crippen LogP contribution in [0.4, 0.5) is 0 Å². The van der Waals surface area contributed by atoms with Crippen LogP contribution in [-0.2, 0) is 0 Å². The Kier molecular flexibility index (Phi) is 25.2. The fourth-order valence-corrected chi connectivity index (χ4v) is 0. The molecular formula is C5H12N2. The molecule has 2 N–H and O–H groups in total. The summed E-state index contributed by atoms with van der Waals surface area (Å²) in [6.45, 7) is 4.25. The molecule has 0 amide bonds. The zero-order valence-corrected chi connectivity index (χ0v) is 4.86. The topological polar surface area (TPSA) is 47.7 Å². The molecule has 2 nitrogen and oxygen atoms in total. The summed E-state index contributed by atoms with van der Waals surface area (Å²) >= 11 is 0. The minimum Gasteiger partial charge on any atom is -0.307 e. The van der Waals surface area contributed by atoms with Crippen molar-refractivity contribution in [2.75, 3.05) is 0 Å². The molecule has 0 rings (SSSR count). The van der Waals surface area contributed by atoms with E-state index in [1.54, 1.807) is 0 Å². The lowest BCUT2D eigenvalue weighted by Crippen LogP contribution is -1.58. The standard InChI is InChI=1S/C3H8.C2H4N2/c1-3-2;3-1-2-4/h3H2,1-2H3;1-4H. The van der Waals surface area contributed by atoms with Gasteiger partial charge in [0.25, 0.3) is 0 Å². The molecule has 0 atom stereocenters. The van der Waals surface area contributed by atoms with E-state index in [1.807, 2.05) is 0 Å². The van der Waals surface area contributed by atoms with Gasteiger partial charge in [-0.3, -0.25) is 0 Å². The molecule has 42 valence electrons. The average molecular weight is 100 g/mol.